The highest BCUT2D eigenvalue weighted by molar-refractivity contribution is 5.50. The van der Waals surface area contributed by atoms with Gasteiger partial charge in [-0.15, -0.1) is 0 Å². The molecule has 0 amide bonds. The number of nitrogens with zero attached hydrogens (tertiary/aromatic N) is 3. The van der Waals surface area contributed by atoms with Gasteiger partial charge in [0.2, 0.25) is 5.82 Å². The van der Waals surface area contributed by atoms with Crippen molar-refractivity contribution in [3.8, 4) is 0 Å². The molecule has 2 atom stereocenters. The van der Waals surface area contributed by atoms with E-state index in [2.05, 4.69) is 20.6 Å². The normalized spacial score (nSPS) is 32.8. The molecule has 1 aliphatic heterocycles. The zero-order valence-electron chi connectivity index (χ0n) is 17.5. The summed E-state index contributed by atoms with van der Waals surface area (Å²) in [6.45, 7) is 4.96. The Morgan fingerprint density at radius 2 is 2.00 bits per heavy atom. The highest BCUT2D eigenvalue weighted by Gasteiger charge is 2.70. The summed E-state index contributed by atoms with van der Waals surface area (Å²) in [5, 5.41) is 16.2. The molecular formula is C21H32F3N5O. The van der Waals surface area contributed by atoms with E-state index in [9.17, 15) is 13.9 Å². The summed E-state index contributed by atoms with van der Waals surface area (Å²) in [6, 6.07) is 0. The minimum Gasteiger partial charge on any atom is -0.391 e. The third-order valence-corrected chi connectivity index (χ3v) is 7.33. The first kappa shape index (κ1) is 21.6. The van der Waals surface area contributed by atoms with Crippen LogP contribution in [0.5, 0.6) is 0 Å². The van der Waals surface area contributed by atoms with Gasteiger partial charge < -0.3 is 20.6 Å². The number of anilines is 2. The second-order valence-corrected chi connectivity index (χ2v) is 9.20. The fourth-order valence-corrected chi connectivity index (χ4v) is 5.08. The molecule has 4 rings (SSSR count). The fraction of sp³-hybridized carbons (Fsp3) is 0.810. The van der Waals surface area contributed by atoms with E-state index in [1.54, 1.807) is 0 Å². The first-order valence-electron chi connectivity index (χ1n) is 11.1. The topological polar surface area (TPSA) is 73.3 Å². The standard InChI is InChI=1S/C21H32F3N5O/c1-2-29(11-14-3-6-20(7-4-14)12-21(20,23)24)19-17(22)18(27-13-28-19)26-9-15-5-8-25-10-16(15)30/h13-16,25,30H,2-12H2,1H3,(H,26,27,28)/t14?,15-,16+,20?/m0/s1. The molecule has 1 saturated heterocycles. The molecule has 2 heterocycles. The summed E-state index contributed by atoms with van der Waals surface area (Å²) in [5.74, 6) is -2.28. The maximum atomic E-state index is 15.1. The number of nitrogens with one attached hydrogen (secondary N) is 2. The first-order valence-corrected chi connectivity index (χ1v) is 11.1. The van der Waals surface area contributed by atoms with E-state index in [0.717, 1.165) is 25.8 Å². The van der Waals surface area contributed by atoms with Crippen LogP contribution in [0.4, 0.5) is 24.8 Å². The van der Waals surface area contributed by atoms with Gasteiger partial charge >= 0.3 is 0 Å². The van der Waals surface area contributed by atoms with E-state index in [4.69, 9.17) is 0 Å². The van der Waals surface area contributed by atoms with Gasteiger partial charge in [-0.1, -0.05) is 0 Å². The Balaban J connectivity index is 1.36. The number of aliphatic hydroxyl groups excluding tert-OH is 1. The predicted molar refractivity (Wildman–Crippen MR) is 109 cm³/mol. The number of alkyl halides is 2. The molecule has 0 aromatic carbocycles. The molecule has 1 aromatic heterocycles. The third-order valence-electron chi connectivity index (χ3n) is 7.33. The molecule has 3 fully saturated rings. The van der Waals surface area contributed by atoms with Gasteiger partial charge in [-0.2, -0.15) is 4.39 Å². The molecule has 0 unspecified atom stereocenters. The van der Waals surface area contributed by atoms with Crippen LogP contribution < -0.4 is 15.5 Å². The Hall–Kier alpha value is -1.61. The third kappa shape index (κ3) is 4.23. The van der Waals surface area contributed by atoms with E-state index >= 15 is 4.39 Å². The van der Waals surface area contributed by atoms with Gasteiger partial charge in [0.1, 0.15) is 6.33 Å². The first-order chi connectivity index (χ1) is 14.4. The summed E-state index contributed by atoms with van der Waals surface area (Å²) >= 11 is 0. The number of halogens is 3. The van der Waals surface area contributed by atoms with Crippen LogP contribution in [0, 0.1) is 23.1 Å². The number of hydrogen-bond acceptors (Lipinski definition) is 6. The molecule has 6 nitrogen and oxygen atoms in total. The summed E-state index contributed by atoms with van der Waals surface area (Å²) in [5.41, 5.74) is -0.753. The van der Waals surface area contributed by atoms with E-state index in [1.165, 1.54) is 6.33 Å². The van der Waals surface area contributed by atoms with Crippen molar-refractivity contribution in [1.82, 2.24) is 15.3 Å². The van der Waals surface area contributed by atoms with Gasteiger partial charge in [0, 0.05) is 43.9 Å². The molecule has 30 heavy (non-hydrogen) atoms. The predicted octanol–water partition coefficient (Wildman–Crippen LogP) is 3.04. The molecule has 3 N–H and O–H groups in total. The summed E-state index contributed by atoms with van der Waals surface area (Å²) in [7, 11) is 0. The van der Waals surface area contributed by atoms with E-state index < -0.39 is 23.3 Å². The lowest BCUT2D eigenvalue weighted by atomic mass is 9.79. The molecule has 9 heteroatoms. The minimum atomic E-state index is -2.48. The van der Waals surface area contributed by atoms with Crippen molar-refractivity contribution >= 4 is 11.6 Å². The van der Waals surface area contributed by atoms with Crippen LogP contribution in [0.15, 0.2) is 6.33 Å². The summed E-state index contributed by atoms with van der Waals surface area (Å²) < 4.78 is 42.4. The molecule has 1 aromatic rings. The van der Waals surface area contributed by atoms with Crippen molar-refractivity contribution in [3.63, 3.8) is 0 Å². The quantitative estimate of drug-likeness (QED) is 0.621. The zero-order chi connectivity index (χ0) is 21.4. The van der Waals surface area contributed by atoms with E-state index in [1.807, 2.05) is 11.8 Å². The van der Waals surface area contributed by atoms with E-state index in [0.29, 0.717) is 39.0 Å². The van der Waals surface area contributed by atoms with Crippen LogP contribution in [0.25, 0.3) is 0 Å². The molecule has 1 spiro atoms. The highest BCUT2D eigenvalue weighted by atomic mass is 19.3. The maximum absolute atomic E-state index is 15.1. The second kappa shape index (κ2) is 8.49. The average Bonchev–Trinajstić information content (AvgIpc) is 3.27. The molecule has 0 radical (unpaired) electrons. The van der Waals surface area contributed by atoms with Crippen molar-refractivity contribution in [1.29, 1.82) is 0 Å². The fourth-order valence-electron chi connectivity index (χ4n) is 5.08. The molecule has 2 saturated carbocycles. The number of aliphatic hydroxyl groups is 1. The number of β-amino-alcohol motifs (C(OH)–C–C–N with tert-alkyl or cyclic N) is 1. The van der Waals surface area contributed by atoms with Crippen molar-refractivity contribution < 1.29 is 18.3 Å². The highest BCUT2D eigenvalue weighted by Crippen LogP contribution is 2.67. The summed E-state index contributed by atoms with van der Waals surface area (Å²) in [4.78, 5) is 10.1. The lowest BCUT2D eigenvalue weighted by Gasteiger charge is -2.33. The Labute approximate surface area is 175 Å². The lowest BCUT2D eigenvalue weighted by Crippen LogP contribution is -2.43. The largest absolute Gasteiger partial charge is 0.391 e. The Morgan fingerprint density at radius 1 is 1.27 bits per heavy atom. The number of piperidine rings is 1. The number of aromatic nitrogens is 2. The Morgan fingerprint density at radius 3 is 2.63 bits per heavy atom. The van der Waals surface area contributed by atoms with Gasteiger partial charge in [0.15, 0.2) is 11.6 Å². The second-order valence-electron chi connectivity index (χ2n) is 9.20. The van der Waals surface area contributed by atoms with Crippen LogP contribution in [0.2, 0.25) is 0 Å². The Kier molecular flexibility index (Phi) is 6.12. The van der Waals surface area contributed by atoms with Crippen LogP contribution in [-0.2, 0) is 0 Å². The summed E-state index contributed by atoms with van der Waals surface area (Å²) in [6.07, 6.45) is 4.34. The molecule has 0 bridgehead atoms. The van der Waals surface area contributed by atoms with Crippen molar-refractivity contribution in [2.45, 2.75) is 57.5 Å². The van der Waals surface area contributed by atoms with Crippen molar-refractivity contribution in [3.05, 3.63) is 12.1 Å². The lowest BCUT2D eigenvalue weighted by molar-refractivity contribution is 0.0411. The molecule has 2 aliphatic carbocycles. The monoisotopic (exact) mass is 427 g/mol. The molecular weight excluding hydrogens is 395 g/mol. The zero-order valence-corrected chi connectivity index (χ0v) is 17.5. The van der Waals surface area contributed by atoms with Crippen LogP contribution >= 0.6 is 0 Å². The van der Waals surface area contributed by atoms with Gasteiger partial charge in [-0.05, 0) is 51.5 Å². The SMILES string of the molecule is CCN(CC1CCC2(CC1)CC2(F)F)c1ncnc(NC[C@@H]2CCNC[C@H]2O)c1F. The van der Waals surface area contributed by atoms with Gasteiger partial charge in [-0.25, -0.2) is 18.7 Å². The Bertz CT molecular complexity index is 741. The van der Waals surface area contributed by atoms with Crippen LogP contribution in [0.3, 0.4) is 0 Å². The van der Waals surface area contributed by atoms with Gasteiger partial charge in [0.25, 0.3) is 5.92 Å². The van der Waals surface area contributed by atoms with Gasteiger partial charge in [-0.3, -0.25) is 0 Å². The van der Waals surface area contributed by atoms with Crippen molar-refractivity contribution in [2.24, 2.45) is 17.3 Å². The number of hydrogen-bond donors (Lipinski definition) is 3. The molecule has 168 valence electrons. The molecule has 3 aliphatic rings. The van der Waals surface area contributed by atoms with Crippen molar-refractivity contribution in [2.75, 3.05) is 42.9 Å². The van der Waals surface area contributed by atoms with Crippen LogP contribution in [0.1, 0.15) is 45.4 Å². The van der Waals surface area contributed by atoms with Crippen LogP contribution in [-0.4, -0.2) is 59.8 Å². The van der Waals surface area contributed by atoms with Gasteiger partial charge in [0.05, 0.1) is 6.10 Å². The minimum absolute atomic E-state index is 0.0333. The number of rotatable bonds is 7. The average molecular weight is 428 g/mol. The maximum Gasteiger partial charge on any atom is 0.254 e. The van der Waals surface area contributed by atoms with E-state index in [-0.39, 0.29) is 29.9 Å². The smallest absolute Gasteiger partial charge is 0.254 e.